The van der Waals surface area contributed by atoms with Crippen LogP contribution >= 0.6 is 0 Å². The first-order valence-corrected chi connectivity index (χ1v) is 8.43. The first kappa shape index (κ1) is 17.5. The Hall–Kier alpha value is -3.33. The van der Waals surface area contributed by atoms with Crippen LogP contribution in [0.15, 0.2) is 79.4 Å². The lowest BCUT2D eigenvalue weighted by Gasteiger charge is -2.29. The van der Waals surface area contributed by atoms with Crippen molar-refractivity contribution in [3.05, 3.63) is 96.1 Å². The van der Waals surface area contributed by atoms with Gasteiger partial charge in [0.2, 0.25) is 0 Å². The number of anilines is 3. The van der Waals surface area contributed by atoms with Gasteiger partial charge in [0.05, 0.1) is 16.9 Å². The number of benzene rings is 3. The zero-order valence-electron chi connectivity index (χ0n) is 14.9. The van der Waals surface area contributed by atoms with E-state index in [1.165, 1.54) is 0 Å². The number of carboxylic acid groups (broad SMARTS) is 1. The van der Waals surface area contributed by atoms with Crippen molar-refractivity contribution < 1.29 is 9.90 Å². The molecule has 0 spiro atoms. The fraction of sp³-hybridized carbons (Fsp3) is 0.0870. The molecule has 0 aliphatic carbocycles. The second-order valence-corrected chi connectivity index (χ2v) is 6.29. The Morgan fingerprint density at radius 3 is 1.88 bits per heavy atom. The lowest BCUT2D eigenvalue weighted by molar-refractivity contribution is 0.0698. The first-order chi connectivity index (χ1) is 12.5. The molecule has 130 valence electrons. The normalized spacial score (nSPS) is 10.4. The van der Waals surface area contributed by atoms with Gasteiger partial charge < -0.3 is 10.0 Å². The maximum atomic E-state index is 11.8. The smallest absolute Gasteiger partial charge is 0.337 e. The topological polar surface area (TPSA) is 40.5 Å². The molecule has 0 atom stereocenters. The first-order valence-electron chi connectivity index (χ1n) is 8.43. The summed E-state index contributed by atoms with van der Waals surface area (Å²) in [4.78, 5) is 13.8. The molecule has 26 heavy (non-hydrogen) atoms. The van der Waals surface area contributed by atoms with Gasteiger partial charge >= 0.3 is 5.97 Å². The molecule has 0 aliphatic heterocycles. The van der Waals surface area contributed by atoms with E-state index in [-0.39, 0.29) is 5.56 Å². The highest BCUT2D eigenvalue weighted by Gasteiger charge is 2.21. The van der Waals surface area contributed by atoms with Crippen LogP contribution < -0.4 is 4.90 Å². The molecule has 3 nitrogen and oxygen atoms in total. The third kappa shape index (κ3) is 3.38. The number of aromatic carboxylic acids is 1. The Balaban J connectivity index is 2.30. The molecule has 0 radical (unpaired) electrons. The van der Waals surface area contributed by atoms with Crippen molar-refractivity contribution in [1.29, 1.82) is 0 Å². The summed E-state index contributed by atoms with van der Waals surface area (Å²) in [7, 11) is 0. The van der Waals surface area contributed by atoms with Gasteiger partial charge in [0.15, 0.2) is 0 Å². The largest absolute Gasteiger partial charge is 0.478 e. The summed E-state index contributed by atoms with van der Waals surface area (Å²) >= 11 is 0. The third-order valence-corrected chi connectivity index (χ3v) is 4.27. The monoisotopic (exact) mass is 343 g/mol. The van der Waals surface area contributed by atoms with Gasteiger partial charge in [0.25, 0.3) is 0 Å². The zero-order chi connectivity index (χ0) is 18.7. The lowest BCUT2D eigenvalue weighted by Crippen LogP contribution is -2.15. The van der Waals surface area contributed by atoms with Crippen molar-refractivity contribution in [1.82, 2.24) is 0 Å². The van der Waals surface area contributed by atoms with Gasteiger partial charge in [-0.25, -0.2) is 4.79 Å². The van der Waals surface area contributed by atoms with Crippen LogP contribution in [0.3, 0.4) is 0 Å². The molecule has 0 saturated carbocycles. The number of hydrogen-bond donors (Lipinski definition) is 1. The minimum absolute atomic E-state index is 0.254. The summed E-state index contributed by atoms with van der Waals surface area (Å²) < 4.78 is 0. The average molecular weight is 343 g/mol. The summed E-state index contributed by atoms with van der Waals surface area (Å²) in [5.41, 5.74) is 5.73. The minimum atomic E-state index is -0.953. The molecule has 1 N–H and O–H groups in total. The van der Waals surface area contributed by atoms with Gasteiger partial charge in [-0.05, 0) is 49.8 Å². The number of aryl methyl sites for hydroxylation is 1. The number of hydrogen-bond acceptors (Lipinski definition) is 2. The Morgan fingerprint density at radius 1 is 0.846 bits per heavy atom. The van der Waals surface area contributed by atoms with Crippen LogP contribution in [0.4, 0.5) is 17.1 Å². The fourth-order valence-electron chi connectivity index (χ4n) is 2.98. The van der Waals surface area contributed by atoms with Crippen LogP contribution in [0.25, 0.3) is 5.57 Å². The molecule has 0 amide bonds. The fourth-order valence-corrected chi connectivity index (χ4v) is 2.98. The van der Waals surface area contributed by atoms with Crippen LogP contribution in [0.1, 0.15) is 28.4 Å². The highest BCUT2D eigenvalue weighted by Crippen LogP contribution is 2.40. The quantitative estimate of drug-likeness (QED) is 0.600. The maximum absolute atomic E-state index is 11.8. The van der Waals surface area contributed by atoms with Gasteiger partial charge in [-0.3, -0.25) is 0 Å². The van der Waals surface area contributed by atoms with E-state index in [4.69, 9.17) is 0 Å². The van der Waals surface area contributed by atoms with Gasteiger partial charge in [0, 0.05) is 11.3 Å². The molecule has 0 fully saturated rings. The maximum Gasteiger partial charge on any atom is 0.337 e. The zero-order valence-corrected chi connectivity index (χ0v) is 14.9. The molecule has 0 unspecified atom stereocenters. The number of para-hydroxylation sites is 2. The standard InChI is InChI=1S/C23H21NO2/c1-16(2)19-8-4-6-10-21(19)24(18-14-12-17(3)13-15-18)22-11-7-5-9-20(22)23(25)26/h4-15H,1H2,2-3H3,(H,25,26). The summed E-state index contributed by atoms with van der Waals surface area (Å²) in [5, 5.41) is 9.69. The van der Waals surface area contributed by atoms with E-state index < -0.39 is 5.97 Å². The molecule has 3 aromatic carbocycles. The second-order valence-electron chi connectivity index (χ2n) is 6.29. The van der Waals surface area contributed by atoms with Crippen molar-refractivity contribution in [2.75, 3.05) is 4.90 Å². The summed E-state index contributed by atoms with van der Waals surface area (Å²) in [6.45, 7) is 8.07. The van der Waals surface area contributed by atoms with E-state index in [0.29, 0.717) is 5.69 Å². The van der Waals surface area contributed by atoms with Gasteiger partial charge in [-0.2, -0.15) is 0 Å². The Kier molecular flexibility index (Phi) is 4.90. The van der Waals surface area contributed by atoms with Crippen molar-refractivity contribution in [2.45, 2.75) is 13.8 Å². The van der Waals surface area contributed by atoms with Crippen LogP contribution in [0, 0.1) is 6.92 Å². The van der Waals surface area contributed by atoms with E-state index in [2.05, 4.69) is 6.58 Å². The van der Waals surface area contributed by atoms with Crippen LogP contribution in [0.2, 0.25) is 0 Å². The molecular weight excluding hydrogens is 322 g/mol. The summed E-state index contributed by atoms with van der Waals surface area (Å²) in [6.07, 6.45) is 0. The molecule has 3 heteroatoms. The molecule has 0 aromatic heterocycles. The summed E-state index contributed by atoms with van der Waals surface area (Å²) in [6, 6.07) is 23.0. The van der Waals surface area contributed by atoms with Crippen LogP contribution in [-0.2, 0) is 0 Å². The number of carboxylic acids is 1. The Bertz CT molecular complexity index is 900. The van der Waals surface area contributed by atoms with Crippen LogP contribution in [-0.4, -0.2) is 11.1 Å². The molecule has 3 aromatic rings. The highest BCUT2D eigenvalue weighted by molar-refractivity contribution is 5.98. The number of rotatable bonds is 5. The minimum Gasteiger partial charge on any atom is -0.478 e. The molecule has 0 aliphatic rings. The van der Waals surface area contributed by atoms with Crippen molar-refractivity contribution >= 4 is 28.6 Å². The second kappa shape index (κ2) is 7.28. The van der Waals surface area contributed by atoms with Crippen molar-refractivity contribution in [3.63, 3.8) is 0 Å². The molecule has 3 rings (SSSR count). The number of carbonyl (C=O) groups is 1. The predicted octanol–water partition coefficient (Wildman–Crippen LogP) is 6.20. The molecule has 0 saturated heterocycles. The lowest BCUT2D eigenvalue weighted by atomic mass is 10.0. The van der Waals surface area contributed by atoms with E-state index in [0.717, 1.165) is 28.1 Å². The van der Waals surface area contributed by atoms with E-state index in [1.54, 1.807) is 12.1 Å². The van der Waals surface area contributed by atoms with E-state index in [9.17, 15) is 9.90 Å². The van der Waals surface area contributed by atoms with Gasteiger partial charge in [-0.1, -0.05) is 54.6 Å². The molecular formula is C23H21NO2. The number of nitrogens with zero attached hydrogens (tertiary/aromatic N) is 1. The van der Waals surface area contributed by atoms with Crippen LogP contribution in [0.5, 0.6) is 0 Å². The third-order valence-electron chi connectivity index (χ3n) is 4.27. The SMILES string of the molecule is C=C(C)c1ccccc1N(c1ccc(C)cc1)c1ccccc1C(=O)O. The van der Waals surface area contributed by atoms with Crippen molar-refractivity contribution in [3.8, 4) is 0 Å². The number of allylic oxidation sites excluding steroid dienone is 1. The molecule has 0 bridgehead atoms. The Morgan fingerprint density at radius 2 is 1.35 bits per heavy atom. The van der Waals surface area contributed by atoms with E-state index >= 15 is 0 Å². The van der Waals surface area contributed by atoms with E-state index in [1.807, 2.05) is 79.4 Å². The summed E-state index contributed by atoms with van der Waals surface area (Å²) in [5.74, 6) is -0.953. The Labute approximate surface area is 153 Å². The van der Waals surface area contributed by atoms with Gasteiger partial charge in [-0.15, -0.1) is 0 Å². The average Bonchev–Trinajstić information content (AvgIpc) is 2.64. The highest BCUT2D eigenvalue weighted by atomic mass is 16.4. The molecule has 0 heterocycles. The van der Waals surface area contributed by atoms with Crippen molar-refractivity contribution in [2.24, 2.45) is 0 Å². The van der Waals surface area contributed by atoms with Gasteiger partial charge in [0.1, 0.15) is 0 Å². The predicted molar refractivity (Wildman–Crippen MR) is 108 cm³/mol.